The molecular formula is C17H15N3O3. The van der Waals surface area contributed by atoms with Gasteiger partial charge in [0.1, 0.15) is 5.75 Å². The van der Waals surface area contributed by atoms with E-state index in [1.807, 2.05) is 0 Å². The minimum Gasteiger partial charge on any atom is -0.482 e. The Morgan fingerprint density at radius 2 is 2.13 bits per heavy atom. The Morgan fingerprint density at radius 3 is 2.87 bits per heavy atom. The third kappa shape index (κ3) is 3.06. The average Bonchev–Trinajstić information content (AvgIpc) is 2.58. The zero-order chi connectivity index (χ0) is 16.2. The van der Waals surface area contributed by atoms with Gasteiger partial charge in [0, 0.05) is 30.2 Å². The number of aromatic nitrogens is 1. The van der Waals surface area contributed by atoms with E-state index in [4.69, 9.17) is 4.74 Å². The quantitative estimate of drug-likeness (QED) is 0.879. The third-order valence-electron chi connectivity index (χ3n) is 3.41. The fourth-order valence-electron chi connectivity index (χ4n) is 2.32. The smallest absolute Gasteiger partial charge is 0.265 e. The summed E-state index contributed by atoms with van der Waals surface area (Å²) in [5.74, 6) is 0.217. The number of benzene rings is 1. The molecule has 2 amide bonds. The summed E-state index contributed by atoms with van der Waals surface area (Å²) in [5.41, 5.74) is 1.71. The molecule has 1 aliphatic heterocycles. The van der Waals surface area contributed by atoms with Crippen LogP contribution in [0.1, 0.15) is 10.4 Å². The van der Waals surface area contributed by atoms with Gasteiger partial charge in [0.2, 0.25) is 0 Å². The number of nitrogens with one attached hydrogen (secondary N) is 1. The van der Waals surface area contributed by atoms with Gasteiger partial charge in [-0.2, -0.15) is 0 Å². The SMILES string of the molecule is C=CCN1C(=O)COc2ccc(NC(=O)c3ccncc3)cc21. The number of fused-ring (bicyclic) bond motifs is 1. The van der Waals surface area contributed by atoms with E-state index >= 15 is 0 Å². The number of hydrogen-bond donors (Lipinski definition) is 1. The van der Waals surface area contributed by atoms with E-state index in [1.165, 1.54) is 0 Å². The molecule has 0 fully saturated rings. The molecule has 0 bridgehead atoms. The molecule has 1 N–H and O–H groups in total. The predicted molar refractivity (Wildman–Crippen MR) is 86.7 cm³/mol. The lowest BCUT2D eigenvalue weighted by atomic mass is 10.2. The second kappa shape index (κ2) is 6.31. The van der Waals surface area contributed by atoms with Crippen LogP contribution in [0.2, 0.25) is 0 Å². The van der Waals surface area contributed by atoms with Crippen molar-refractivity contribution in [2.75, 3.05) is 23.4 Å². The summed E-state index contributed by atoms with van der Waals surface area (Å²) in [6, 6.07) is 8.45. The number of anilines is 2. The van der Waals surface area contributed by atoms with Gasteiger partial charge in [0.25, 0.3) is 11.8 Å². The first-order valence-corrected chi connectivity index (χ1v) is 7.08. The number of pyridine rings is 1. The van der Waals surface area contributed by atoms with Crippen molar-refractivity contribution in [2.45, 2.75) is 0 Å². The minimum atomic E-state index is -0.245. The summed E-state index contributed by atoms with van der Waals surface area (Å²) in [5, 5.41) is 2.80. The molecular weight excluding hydrogens is 294 g/mol. The van der Waals surface area contributed by atoms with Gasteiger partial charge >= 0.3 is 0 Å². The van der Waals surface area contributed by atoms with Crippen LogP contribution in [0.25, 0.3) is 0 Å². The molecule has 6 nitrogen and oxygen atoms in total. The Balaban J connectivity index is 1.86. The van der Waals surface area contributed by atoms with Crippen LogP contribution < -0.4 is 15.0 Å². The van der Waals surface area contributed by atoms with Crippen molar-refractivity contribution in [2.24, 2.45) is 0 Å². The molecule has 116 valence electrons. The molecule has 0 saturated heterocycles. The normalized spacial score (nSPS) is 13.0. The van der Waals surface area contributed by atoms with Crippen molar-refractivity contribution >= 4 is 23.2 Å². The Morgan fingerprint density at radius 1 is 1.35 bits per heavy atom. The maximum atomic E-state index is 12.2. The largest absolute Gasteiger partial charge is 0.482 e. The second-order valence-electron chi connectivity index (χ2n) is 4.95. The number of ether oxygens (including phenoxy) is 1. The number of carbonyl (C=O) groups is 2. The van der Waals surface area contributed by atoms with E-state index in [1.54, 1.807) is 53.7 Å². The van der Waals surface area contributed by atoms with E-state index in [0.717, 1.165) is 0 Å². The molecule has 0 unspecified atom stereocenters. The van der Waals surface area contributed by atoms with Crippen molar-refractivity contribution in [1.82, 2.24) is 4.98 Å². The van der Waals surface area contributed by atoms with Gasteiger partial charge in [-0.3, -0.25) is 14.6 Å². The molecule has 0 radical (unpaired) electrons. The Bertz CT molecular complexity index is 759. The highest BCUT2D eigenvalue weighted by atomic mass is 16.5. The number of carbonyl (C=O) groups excluding carboxylic acids is 2. The topological polar surface area (TPSA) is 71.5 Å². The van der Waals surface area contributed by atoms with Crippen LogP contribution in [0.5, 0.6) is 5.75 Å². The van der Waals surface area contributed by atoms with Gasteiger partial charge in [0.15, 0.2) is 6.61 Å². The molecule has 0 aliphatic carbocycles. The van der Waals surface area contributed by atoms with Crippen molar-refractivity contribution in [3.8, 4) is 5.75 Å². The lowest BCUT2D eigenvalue weighted by Gasteiger charge is -2.28. The summed E-state index contributed by atoms with van der Waals surface area (Å²) < 4.78 is 5.41. The van der Waals surface area contributed by atoms with Gasteiger partial charge < -0.3 is 15.0 Å². The van der Waals surface area contributed by atoms with Gasteiger partial charge in [-0.25, -0.2) is 0 Å². The number of rotatable bonds is 4. The monoisotopic (exact) mass is 309 g/mol. The van der Waals surface area contributed by atoms with E-state index in [2.05, 4.69) is 16.9 Å². The van der Waals surface area contributed by atoms with Gasteiger partial charge in [0.05, 0.1) is 5.69 Å². The fourth-order valence-corrected chi connectivity index (χ4v) is 2.32. The van der Waals surface area contributed by atoms with Crippen molar-refractivity contribution in [3.05, 3.63) is 60.9 Å². The van der Waals surface area contributed by atoms with E-state index in [0.29, 0.717) is 29.2 Å². The highest BCUT2D eigenvalue weighted by Gasteiger charge is 2.25. The average molecular weight is 309 g/mol. The van der Waals surface area contributed by atoms with E-state index in [9.17, 15) is 9.59 Å². The van der Waals surface area contributed by atoms with Crippen LogP contribution in [0.15, 0.2) is 55.4 Å². The highest BCUT2D eigenvalue weighted by Crippen LogP contribution is 2.34. The molecule has 0 saturated carbocycles. The Labute approximate surface area is 133 Å². The minimum absolute atomic E-state index is 0.00353. The third-order valence-corrected chi connectivity index (χ3v) is 3.41. The second-order valence-corrected chi connectivity index (χ2v) is 4.95. The standard InChI is InChI=1S/C17H15N3O3/c1-2-9-20-14-10-13(3-4-15(14)23-11-16(20)21)19-17(22)12-5-7-18-8-6-12/h2-8,10H,1,9,11H2,(H,19,22). The zero-order valence-corrected chi connectivity index (χ0v) is 12.4. The first-order chi connectivity index (χ1) is 11.2. The molecule has 0 spiro atoms. The van der Waals surface area contributed by atoms with Crippen molar-refractivity contribution in [3.63, 3.8) is 0 Å². The molecule has 1 aliphatic rings. The van der Waals surface area contributed by atoms with Gasteiger partial charge in [-0.1, -0.05) is 6.08 Å². The first kappa shape index (κ1) is 14.8. The first-order valence-electron chi connectivity index (χ1n) is 7.08. The van der Waals surface area contributed by atoms with Crippen molar-refractivity contribution in [1.29, 1.82) is 0 Å². The molecule has 2 aromatic rings. The lowest BCUT2D eigenvalue weighted by Crippen LogP contribution is -2.38. The summed E-state index contributed by atoms with van der Waals surface area (Å²) >= 11 is 0. The maximum absolute atomic E-state index is 12.2. The summed E-state index contributed by atoms with van der Waals surface area (Å²) in [7, 11) is 0. The Hall–Kier alpha value is -3.15. The Kier molecular flexibility index (Phi) is 4.05. The molecule has 23 heavy (non-hydrogen) atoms. The molecule has 1 aromatic heterocycles. The summed E-state index contributed by atoms with van der Waals surface area (Å²) in [6.45, 7) is 4.05. The van der Waals surface area contributed by atoms with Crippen molar-refractivity contribution < 1.29 is 14.3 Å². The van der Waals surface area contributed by atoms with Crippen LogP contribution in [0, 0.1) is 0 Å². The molecule has 6 heteroatoms. The van der Waals surface area contributed by atoms with E-state index < -0.39 is 0 Å². The molecule has 3 rings (SSSR count). The zero-order valence-electron chi connectivity index (χ0n) is 12.4. The highest BCUT2D eigenvalue weighted by molar-refractivity contribution is 6.05. The lowest BCUT2D eigenvalue weighted by molar-refractivity contribution is -0.121. The number of amides is 2. The summed E-state index contributed by atoms with van der Waals surface area (Å²) in [6.07, 6.45) is 4.76. The number of hydrogen-bond acceptors (Lipinski definition) is 4. The van der Waals surface area contributed by atoms with Crippen LogP contribution in [-0.2, 0) is 4.79 Å². The predicted octanol–water partition coefficient (Wildman–Crippen LogP) is 2.25. The maximum Gasteiger partial charge on any atom is 0.265 e. The summed E-state index contributed by atoms with van der Waals surface area (Å²) in [4.78, 5) is 29.6. The molecule has 2 heterocycles. The van der Waals surface area contributed by atoms with Gasteiger partial charge in [-0.15, -0.1) is 6.58 Å². The van der Waals surface area contributed by atoms with Crippen LogP contribution in [-0.4, -0.2) is 29.9 Å². The van der Waals surface area contributed by atoms with E-state index in [-0.39, 0.29) is 18.4 Å². The fraction of sp³-hybridized carbons (Fsp3) is 0.118. The molecule has 0 atom stereocenters. The van der Waals surface area contributed by atoms with Crippen LogP contribution >= 0.6 is 0 Å². The van der Waals surface area contributed by atoms with Crippen LogP contribution in [0.4, 0.5) is 11.4 Å². The van der Waals surface area contributed by atoms with Crippen LogP contribution in [0.3, 0.4) is 0 Å². The molecule has 1 aromatic carbocycles. The van der Waals surface area contributed by atoms with Gasteiger partial charge in [-0.05, 0) is 30.3 Å². The number of nitrogens with zero attached hydrogens (tertiary/aromatic N) is 2.